The number of benzene rings is 5. The summed E-state index contributed by atoms with van der Waals surface area (Å²) in [5.41, 5.74) is -2.27. The van der Waals surface area contributed by atoms with Gasteiger partial charge in [-0.1, -0.05) is 145 Å². The highest BCUT2D eigenvalue weighted by molar-refractivity contribution is 7.47. The number of hydrogen-bond acceptors (Lipinski definition) is 14. The van der Waals surface area contributed by atoms with E-state index in [-0.39, 0.29) is 12.8 Å². The van der Waals surface area contributed by atoms with Gasteiger partial charge in [0.1, 0.15) is 6.61 Å². The minimum Gasteiger partial charge on any atom is -0.462 e. The average molecular weight is 963 g/mol. The summed E-state index contributed by atoms with van der Waals surface area (Å²) in [7, 11) is -4.91. The number of nitrogens with one attached hydrogen (secondary N) is 1. The van der Waals surface area contributed by atoms with E-state index < -0.39 is 89.8 Å². The van der Waals surface area contributed by atoms with Crippen LogP contribution in [0.25, 0.3) is 32.3 Å². The summed E-state index contributed by atoms with van der Waals surface area (Å²) in [5.74, 6) is -1.15. The summed E-state index contributed by atoms with van der Waals surface area (Å²) in [6.07, 6.45) is 16.7. The summed E-state index contributed by atoms with van der Waals surface area (Å²) in [4.78, 5) is 67.4. The van der Waals surface area contributed by atoms with Crippen LogP contribution in [0.15, 0.2) is 66.7 Å². The zero-order chi connectivity index (χ0) is 48.9. The third-order valence-corrected chi connectivity index (χ3v) is 12.9. The topological polar surface area (TPSA) is 250 Å². The van der Waals surface area contributed by atoms with Crippen molar-refractivity contribution in [2.45, 2.75) is 135 Å². The SMILES string of the molecule is CCCCCCCCCCCCCCCC(=O)OCC(COP(=O)(O)OCCNc1c([N+](=O)[O-])cc([N+](=O)[O-])cc1[N+](=O)[O-])OC(=O)CCCCCc1ccc2ccc3cccc4ccc1c2c34. The number of ether oxygens (including phenoxy) is 2. The first-order chi connectivity index (χ1) is 32.8. The minimum absolute atomic E-state index is 0.0295. The number of unbranched alkanes of at least 4 members (excludes halogenated alkanes) is 14. The monoisotopic (exact) mass is 962 g/mol. The highest BCUT2D eigenvalue weighted by atomic mass is 31.2. The van der Waals surface area contributed by atoms with E-state index in [1.807, 2.05) is 0 Å². The second kappa shape index (κ2) is 27.3. The number of non-ortho nitro benzene ring substituents is 1. The van der Waals surface area contributed by atoms with Crippen LogP contribution in [0, 0.1) is 30.3 Å². The molecule has 18 nitrogen and oxygen atoms in total. The highest BCUT2D eigenvalue weighted by Gasteiger charge is 2.31. The lowest BCUT2D eigenvalue weighted by molar-refractivity contribution is -0.401. The molecule has 0 aromatic heterocycles. The third kappa shape index (κ3) is 16.5. The van der Waals surface area contributed by atoms with Crippen molar-refractivity contribution in [1.82, 2.24) is 0 Å². The number of carbonyl (C=O) groups is 2. The van der Waals surface area contributed by atoms with Gasteiger partial charge in [0, 0.05) is 19.4 Å². The first-order valence-corrected chi connectivity index (χ1v) is 25.2. The minimum atomic E-state index is -4.91. The molecule has 68 heavy (non-hydrogen) atoms. The van der Waals surface area contributed by atoms with Crippen LogP contribution in [0.2, 0.25) is 0 Å². The van der Waals surface area contributed by atoms with E-state index in [2.05, 4.69) is 66.8 Å². The van der Waals surface area contributed by atoms with E-state index in [1.54, 1.807) is 0 Å². The van der Waals surface area contributed by atoms with Gasteiger partial charge in [0.05, 0.1) is 40.1 Å². The number of nitro benzene ring substituents is 3. The van der Waals surface area contributed by atoms with Gasteiger partial charge in [0.15, 0.2) is 11.8 Å². The van der Waals surface area contributed by atoms with E-state index in [1.165, 1.54) is 89.2 Å². The van der Waals surface area contributed by atoms with Crippen LogP contribution in [0.4, 0.5) is 22.7 Å². The summed E-state index contributed by atoms with van der Waals surface area (Å²) in [6, 6.07) is 20.3. The first kappa shape index (κ1) is 53.1. The predicted molar refractivity (Wildman–Crippen MR) is 260 cm³/mol. The zero-order valence-electron chi connectivity index (χ0n) is 38.7. The average Bonchev–Trinajstić information content (AvgIpc) is 3.31. The highest BCUT2D eigenvalue weighted by Crippen LogP contribution is 2.44. The van der Waals surface area contributed by atoms with E-state index >= 15 is 0 Å². The van der Waals surface area contributed by atoms with Gasteiger partial charge in [-0.2, -0.15) is 0 Å². The van der Waals surface area contributed by atoms with Crippen LogP contribution >= 0.6 is 7.82 Å². The lowest BCUT2D eigenvalue weighted by Crippen LogP contribution is -2.29. The molecule has 0 spiro atoms. The third-order valence-electron chi connectivity index (χ3n) is 11.9. The van der Waals surface area contributed by atoms with Crippen molar-refractivity contribution in [3.63, 3.8) is 0 Å². The van der Waals surface area contributed by atoms with Crippen molar-refractivity contribution >= 4 is 74.8 Å². The lowest BCUT2D eigenvalue weighted by Gasteiger charge is -2.20. The molecular weight excluding hydrogens is 900 g/mol. The van der Waals surface area contributed by atoms with Gasteiger partial charge < -0.3 is 19.7 Å². The maximum Gasteiger partial charge on any atom is 0.472 e. The Bertz CT molecular complexity index is 2470. The summed E-state index contributed by atoms with van der Waals surface area (Å²) in [5, 5.41) is 44.0. The molecule has 19 heteroatoms. The van der Waals surface area contributed by atoms with Crippen molar-refractivity contribution in [3.8, 4) is 0 Å². The fourth-order valence-electron chi connectivity index (χ4n) is 8.40. The number of carbonyl (C=O) groups excluding carboxylic acids is 2. The largest absolute Gasteiger partial charge is 0.472 e. The Balaban J connectivity index is 1.09. The van der Waals surface area contributed by atoms with Gasteiger partial charge in [0.2, 0.25) is 0 Å². The molecule has 368 valence electrons. The molecule has 0 saturated heterocycles. The van der Waals surface area contributed by atoms with Crippen molar-refractivity contribution in [3.05, 3.63) is 103 Å². The molecular formula is C49H63N4O14P. The Kier molecular flexibility index (Phi) is 21.3. The van der Waals surface area contributed by atoms with Gasteiger partial charge in [-0.3, -0.25) is 49.0 Å². The zero-order valence-corrected chi connectivity index (χ0v) is 39.6. The summed E-state index contributed by atoms with van der Waals surface area (Å²) >= 11 is 0. The Hall–Kier alpha value is -5.81. The molecule has 0 aliphatic carbocycles. The molecule has 0 radical (unpaired) electrons. The van der Waals surface area contributed by atoms with Crippen LogP contribution in [0.1, 0.15) is 128 Å². The normalized spacial score (nSPS) is 12.9. The van der Waals surface area contributed by atoms with E-state index in [0.29, 0.717) is 31.4 Å². The van der Waals surface area contributed by atoms with E-state index in [4.69, 9.17) is 18.5 Å². The number of esters is 2. The Morgan fingerprint density at radius 1 is 0.647 bits per heavy atom. The predicted octanol–water partition coefficient (Wildman–Crippen LogP) is 12.6. The number of aryl methyl sites for hydroxylation is 1. The van der Waals surface area contributed by atoms with Crippen LogP contribution in [-0.2, 0) is 39.1 Å². The van der Waals surface area contributed by atoms with E-state index in [0.717, 1.165) is 38.5 Å². The molecule has 0 aliphatic rings. The molecule has 5 rings (SSSR count). The summed E-state index contributed by atoms with van der Waals surface area (Å²) < 4.78 is 33.9. The van der Waals surface area contributed by atoms with Gasteiger partial charge in [-0.05, 0) is 63.6 Å². The van der Waals surface area contributed by atoms with Gasteiger partial charge in [-0.25, -0.2) is 4.57 Å². The maximum absolute atomic E-state index is 13.1. The number of phosphoric acid groups is 1. The molecule has 5 aromatic rings. The fourth-order valence-corrected chi connectivity index (χ4v) is 9.16. The Morgan fingerprint density at radius 2 is 1.18 bits per heavy atom. The number of phosphoric ester groups is 1. The fraction of sp³-hybridized carbons (Fsp3) is 0.510. The number of hydrogen-bond donors (Lipinski definition) is 2. The molecule has 5 aromatic carbocycles. The molecule has 2 unspecified atom stereocenters. The number of anilines is 1. The molecule has 0 amide bonds. The summed E-state index contributed by atoms with van der Waals surface area (Å²) in [6.45, 7) is -0.111. The Labute approximate surface area is 395 Å². The lowest BCUT2D eigenvalue weighted by atomic mass is 9.90. The van der Waals surface area contributed by atoms with Crippen molar-refractivity contribution < 1.29 is 52.3 Å². The van der Waals surface area contributed by atoms with Gasteiger partial charge >= 0.3 is 31.1 Å². The number of rotatable bonds is 34. The first-order valence-electron chi connectivity index (χ1n) is 23.8. The standard InChI is InChI=1S/C49H63N4O14P/c1-2-3-4-5-6-7-8-9-10-11-12-13-16-22-45(54)64-34-41(35-66-68(62,63)65-31-30-50-49-43(52(58)59)32-40(51(56)57)33-44(49)53(60)61)67-46(55)23-17-14-15-19-36-24-25-39-27-26-37-20-18-21-38-28-29-42(36)48(39)47(37)38/h18,20-21,24-29,32-33,41,50H,2-17,19,22-23,30-31,34-35H2,1H3,(H,62,63). The molecule has 0 fully saturated rings. The quantitative estimate of drug-likeness (QED) is 0.00971. The molecule has 2 N–H and O–H groups in total. The van der Waals surface area contributed by atoms with Crippen LogP contribution in [-0.4, -0.2) is 64.1 Å². The maximum atomic E-state index is 13.1. The van der Waals surface area contributed by atoms with Crippen LogP contribution in [0.5, 0.6) is 0 Å². The van der Waals surface area contributed by atoms with E-state index in [9.17, 15) is 49.4 Å². The van der Waals surface area contributed by atoms with Crippen LogP contribution < -0.4 is 5.32 Å². The van der Waals surface area contributed by atoms with Gasteiger partial charge in [-0.15, -0.1) is 0 Å². The number of nitrogens with zero attached hydrogens (tertiary/aromatic N) is 3. The molecule has 0 heterocycles. The smallest absolute Gasteiger partial charge is 0.462 e. The second-order valence-corrected chi connectivity index (χ2v) is 18.5. The molecule has 2 atom stereocenters. The van der Waals surface area contributed by atoms with Crippen molar-refractivity contribution in [2.24, 2.45) is 0 Å². The molecule has 0 aliphatic heterocycles. The molecule has 0 saturated carbocycles. The number of nitro groups is 3. The van der Waals surface area contributed by atoms with Crippen molar-refractivity contribution in [2.75, 3.05) is 31.7 Å². The Morgan fingerprint density at radius 3 is 1.76 bits per heavy atom. The van der Waals surface area contributed by atoms with Crippen LogP contribution in [0.3, 0.4) is 0 Å². The van der Waals surface area contributed by atoms with Crippen molar-refractivity contribution in [1.29, 1.82) is 0 Å². The molecule has 0 bridgehead atoms. The van der Waals surface area contributed by atoms with Gasteiger partial charge in [0.25, 0.3) is 5.69 Å². The second-order valence-electron chi connectivity index (χ2n) is 17.1.